The molecule has 0 unspecified atom stereocenters. The molecule has 4 aromatic rings. The molecule has 2 aromatic heterocycles. The number of imidazole rings is 1. The van der Waals surface area contributed by atoms with Crippen molar-refractivity contribution in [3.63, 3.8) is 0 Å². The molecule has 19 heavy (non-hydrogen) atoms. The van der Waals surface area contributed by atoms with E-state index in [9.17, 15) is 0 Å². The Kier molecular flexibility index (Phi) is 2.03. The SMILES string of the molecule is Cn1c(-n2cnc3ccccc32)cc2ccccc21. The molecular formula is C16H13N3. The summed E-state index contributed by atoms with van der Waals surface area (Å²) in [4.78, 5) is 4.46. The molecule has 3 nitrogen and oxygen atoms in total. The number of rotatable bonds is 1. The van der Waals surface area contributed by atoms with E-state index in [1.807, 2.05) is 24.5 Å². The van der Waals surface area contributed by atoms with Gasteiger partial charge in [0, 0.05) is 18.0 Å². The molecule has 0 fully saturated rings. The Bertz CT molecular complexity index is 883. The highest BCUT2D eigenvalue weighted by atomic mass is 15.2. The van der Waals surface area contributed by atoms with Crippen LogP contribution in [0.5, 0.6) is 0 Å². The fourth-order valence-electron chi connectivity index (χ4n) is 2.65. The van der Waals surface area contributed by atoms with Crippen molar-refractivity contribution in [2.45, 2.75) is 0 Å². The summed E-state index contributed by atoms with van der Waals surface area (Å²) in [7, 11) is 2.09. The Hall–Kier alpha value is -2.55. The van der Waals surface area contributed by atoms with Gasteiger partial charge in [-0.05, 0) is 24.3 Å². The zero-order valence-electron chi connectivity index (χ0n) is 10.6. The van der Waals surface area contributed by atoms with Crippen LogP contribution in [0.25, 0.3) is 27.8 Å². The zero-order chi connectivity index (χ0) is 12.8. The van der Waals surface area contributed by atoms with E-state index < -0.39 is 0 Å². The van der Waals surface area contributed by atoms with Gasteiger partial charge in [0.1, 0.15) is 12.1 Å². The van der Waals surface area contributed by atoms with Crippen LogP contribution in [0.3, 0.4) is 0 Å². The van der Waals surface area contributed by atoms with E-state index in [2.05, 4.69) is 57.6 Å². The molecule has 4 rings (SSSR count). The normalized spacial score (nSPS) is 11.4. The smallest absolute Gasteiger partial charge is 0.119 e. The van der Waals surface area contributed by atoms with E-state index >= 15 is 0 Å². The molecule has 2 aromatic carbocycles. The maximum absolute atomic E-state index is 4.46. The Balaban J connectivity index is 2.07. The number of benzene rings is 2. The van der Waals surface area contributed by atoms with E-state index in [1.54, 1.807) is 0 Å². The molecule has 0 N–H and O–H groups in total. The maximum atomic E-state index is 4.46. The number of para-hydroxylation sites is 3. The summed E-state index contributed by atoms with van der Waals surface area (Å²) in [6.45, 7) is 0. The van der Waals surface area contributed by atoms with Crippen molar-refractivity contribution in [2.75, 3.05) is 0 Å². The summed E-state index contributed by atoms with van der Waals surface area (Å²) in [5, 5.41) is 1.25. The topological polar surface area (TPSA) is 22.8 Å². The molecule has 2 heterocycles. The van der Waals surface area contributed by atoms with E-state index in [1.165, 1.54) is 10.9 Å². The first-order valence-corrected chi connectivity index (χ1v) is 6.31. The van der Waals surface area contributed by atoms with Crippen LogP contribution < -0.4 is 0 Å². The number of aromatic nitrogens is 3. The second-order valence-corrected chi connectivity index (χ2v) is 4.72. The van der Waals surface area contributed by atoms with Gasteiger partial charge in [0.05, 0.1) is 11.0 Å². The largest absolute Gasteiger partial charge is 0.330 e. The first-order valence-electron chi connectivity index (χ1n) is 6.31. The van der Waals surface area contributed by atoms with Gasteiger partial charge >= 0.3 is 0 Å². The van der Waals surface area contributed by atoms with Gasteiger partial charge in [-0.1, -0.05) is 30.3 Å². The highest BCUT2D eigenvalue weighted by Crippen LogP contribution is 2.24. The van der Waals surface area contributed by atoms with Crippen molar-refractivity contribution >= 4 is 21.9 Å². The highest BCUT2D eigenvalue weighted by Gasteiger charge is 2.09. The average Bonchev–Trinajstić information content (AvgIpc) is 3.01. The second-order valence-electron chi connectivity index (χ2n) is 4.72. The van der Waals surface area contributed by atoms with E-state index in [-0.39, 0.29) is 0 Å². The van der Waals surface area contributed by atoms with E-state index in [0.29, 0.717) is 0 Å². The van der Waals surface area contributed by atoms with Gasteiger partial charge in [-0.2, -0.15) is 0 Å². The molecule has 0 saturated heterocycles. The Morgan fingerprint density at radius 2 is 1.63 bits per heavy atom. The molecule has 0 spiro atoms. The van der Waals surface area contributed by atoms with Crippen LogP contribution in [-0.2, 0) is 7.05 Å². The summed E-state index contributed by atoms with van der Waals surface area (Å²) in [5.41, 5.74) is 3.39. The van der Waals surface area contributed by atoms with Crippen LogP contribution in [-0.4, -0.2) is 14.1 Å². The van der Waals surface area contributed by atoms with Crippen LogP contribution in [0, 0.1) is 0 Å². The van der Waals surface area contributed by atoms with Crippen LogP contribution in [0.2, 0.25) is 0 Å². The molecule has 0 aliphatic heterocycles. The lowest BCUT2D eigenvalue weighted by molar-refractivity contribution is 0.881. The third-order valence-electron chi connectivity index (χ3n) is 3.63. The summed E-state index contributed by atoms with van der Waals surface area (Å²) in [5.74, 6) is 1.13. The van der Waals surface area contributed by atoms with Crippen molar-refractivity contribution in [2.24, 2.45) is 7.05 Å². The standard InChI is InChI=1S/C16H13N3/c1-18-14-8-4-2-6-12(14)10-16(18)19-11-17-13-7-3-5-9-15(13)19/h2-11H,1H3. The predicted molar refractivity (Wildman–Crippen MR) is 77.5 cm³/mol. The third-order valence-corrected chi connectivity index (χ3v) is 3.63. The fourth-order valence-corrected chi connectivity index (χ4v) is 2.65. The maximum Gasteiger partial charge on any atom is 0.119 e. The summed E-state index contributed by atoms with van der Waals surface area (Å²) < 4.78 is 4.33. The molecule has 0 saturated carbocycles. The van der Waals surface area contributed by atoms with E-state index in [0.717, 1.165) is 16.9 Å². The Morgan fingerprint density at radius 1 is 0.895 bits per heavy atom. The van der Waals surface area contributed by atoms with Crippen molar-refractivity contribution in [1.82, 2.24) is 14.1 Å². The minimum absolute atomic E-state index is 1.02. The van der Waals surface area contributed by atoms with Gasteiger partial charge in [0.15, 0.2) is 0 Å². The van der Waals surface area contributed by atoms with Gasteiger partial charge < -0.3 is 4.57 Å². The number of hydrogen-bond donors (Lipinski definition) is 0. The first-order chi connectivity index (χ1) is 9.34. The quantitative estimate of drug-likeness (QED) is 0.504. The van der Waals surface area contributed by atoms with Crippen molar-refractivity contribution in [3.8, 4) is 5.82 Å². The number of fused-ring (bicyclic) bond motifs is 2. The third kappa shape index (κ3) is 1.41. The van der Waals surface area contributed by atoms with Crippen LogP contribution in [0.4, 0.5) is 0 Å². The first kappa shape index (κ1) is 10.4. The monoisotopic (exact) mass is 247 g/mol. The summed E-state index contributed by atoms with van der Waals surface area (Å²) in [6.07, 6.45) is 1.89. The average molecular weight is 247 g/mol. The van der Waals surface area contributed by atoms with Crippen molar-refractivity contribution < 1.29 is 0 Å². The van der Waals surface area contributed by atoms with Gasteiger partial charge in [-0.25, -0.2) is 4.98 Å². The molecule has 0 bridgehead atoms. The minimum Gasteiger partial charge on any atom is -0.330 e. The molecule has 0 radical (unpaired) electrons. The number of aryl methyl sites for hydroxylation is 1. The van der Waals surface area contributed by atoms with Gasteiger partial charge in [0.2, 0.25) is 0 Å². The Labute approximate surface area is 110 Å². The van der Waals surface area contributed by atoms with Gasteiger partial charge in [-0.3, -0.25) is 4.57 Å². The van der Waals surface area contributed by atoms with Crippen LogP contribution in [0.1, 0.15) is 0 Å². The molecule has 0 atom stereocenters. The lowest BCUT2D eigenvalue weighted by Crippen LogP contribution is -1.99. The zero-order valence-corrected chi connectivity index (χ0v) is 10.6. The second kappa shape index (κ2) is 3.72. The molecule has 0 amide bonds. The van der Waals surface area contributed by atoms with Gasteiger partial charge in [-0.15, -0.1) is 0 Å². The lowest BCUT2D eigenvalue weighted by Gasteiger charge is -2.06. The molecule has 3 heteroatoms. The number of hydrogen-bond acceptors (Lipinski definition) is 1. The minimum atomic E-state index is 1.02. The predicted octanol–water partition coefficient (Wildman–Crippen LogP) is 3.52. The van der Waals surface area contributed by atoms with Crippen LogP contribution in [0.15, 0.2) is 60.9 Å². The molecule has 92 valence electrons. The highest BCUT2D eigenvalue weighted by molar-refractivity contribution is 5.85. The lowest BCUT2D eigenvalue weighted by atomic mass is 10.2. The van der Waals surface area contributed by atoms with Gasteiger partial charge in [0.25, 0.3) is 0 Å². The van der Waals surface area contributed by atoms with Crippen molar-refractivity contribution in [1.29, 1.82) is 0 Å². The van der Waals surface area contributed by atoms with Crippen LogP contribution >= 0.6 is 0 Å². The fraction of sp³-hybridized carbons (Fsp3) is 0.0625. The summed E-state index contributed by atoms with van der Waals surface area (Å²) >= 11 is 0. The van der Waals surface area contributed by atoms with Crippen molar-refractivity contribution in [3.05, 3.63) is 60.9 Å². The molecular weight excluding hydrogens is 234 g/mol. The summed E-state index contributed by atoms with van der Waals surface area (Å²) in [6, 6.07) is 18.8. The Morgan fingerprint density at radius 3 is 2.47 bits per heavy atom. The molecule has 0 aliphatic rings. The van der Waals surface area contributed by atoms with E-state index in [4.69, 9.17) is 0 Å². The molecule has 0 aliphatic carbocycles. The number of nitrogens with zero attached hydrogens (tertiary/aromatic N) is 3.